The van der Waals surface area contributed by atoms with Crippen LogP contribution in [-0.4, -0.2) is 17.9 Å². The Balaban J connectivity index is 0.745. The summed E-state index contributed by atoms with van der Waals surface area (Å²) in [6.07, 6.45) is 0. The lowest BCUT2D eigenvalue weighted by atomic mass is 9.99. The van der Waals surface area contributed by atoms with E-state index in [1.165, 1.54) is 94.0 Å². The molecule has 88 heavy (non-hydrogen) atoms. The minimum absolute atomic E-state index is 0.845. The van der Waals surface area contributed by atoms with E-state index in [1.807, 2.05) is 0 Å². The van der Waals surface area contributed by atoms with Gasteiger partial charge >= 0.3 is 0 Å². The van der Waals surface area contributed by atoms with Crippen molar-refractivity contribution in [2.75, 3.05) is 4.90 Å². The first-order valence-electron chi connectivity index (χ1n) is 29.9. The molecule has 0 fully saturated rings. The van der Waals surface area contributed by atoms with Gasteiger partial charge in [-0.05, 0) is 175 Å². The van der Waals surface area contributed by atoms with Crippen LogP contribution in [0.3, 0.4) is 0 Å². The van der Waals surface area contributed by atoms with Crippen molar-refractivity contribution in [2.24, 2.45) is 0 Å². The molecule has 6 heteroatoms. The molecule has 0 N–H and O–H groups in total. The van der Waals surface area contributed by atoms with Gasteiger partial charge in [-0.3, -0.25) is 0 Å². The summed E-state index contributed by atoms with van der Waals surface area (Å²) in [7, 11) is 0. The van der Waals surface area contributed by atoms with E-state index in [-0.39, 0.29) is 0 Å². The molecule has 0 bridgehead atoms. The summed E-state index contributed by atoms with van der Waals surface area (Å²) in [6, 6.07) is 117. The largest absolute Gasteiger partial charge is 0.309 e. The lowest BCUT2D eigenvalue weighted by molar-refractivity contribution is 1.18. The number of hydrogen-bond acceptors (Lipinski definition) is 4. The first kappa shape index (κ1) is 51.0. The van der Waals surface area contributed by atoms with E-state index in [2.05, 4.69) is 336 Å². The van der Waals surface area contributed by atoms with Crippen molar-refractivity contribution in [3.63, 3.8) is 0 Å². The standard InChI is InChI=1S/C82H53N5S/c1-5-15-54(16-6-1)58-25-37-66(38-26-58)85(67-39-29-60(30-40-67)65-36-48-77-74(53-65)80-70-24-14-13-23-61(70)33-49-78(80)87(77)69-41-27-59(28-42-69)55-17-7-2-8-18-55)79-50-45-71(81-82(79)84-88-83-81)62-31-43-68(44-32-62)86-75-46-34-63(56-19-9-3-10-20-56)51-72(75)73-52-64(35-47-76(73)86)57-21-11-4-12-22-57/h1-53H. The van der Waals surface area contributed by atoms with Gasteiger partial charge in [-0.1, -0.05) is 218 Å². The van der Waals surface area contributed by atoms with E-state index in [1.54, 1.807) is 0 Å². The first-order chi connectivity index (χ1) is 43.6. The fourth-order valence-corrected chi connectivity index (χ4v) is 13.9. The monoisotopic (exact) mass is 1140 g/mol. The van der Waals surface area contributed by atoms with Gasteiger partial charge in [-0.2, -0.15) is 8.75 Å². The number of fused-ring (bicyclic) bond motifs is 9. The average Bonchev–Trinajstić information content (AvgIpc) is 1.84. The highest BCUT2D eigenvalue weighted by atomic mass is 32.1. The Hall–Kier alpha value is -11.4. The quantitative estimate of drug-likeness (QED) is 0.130. The zero-order chi connectivity index (χ0) is 58.1. The molecule has 14 aromatic carbocycles. The van der Waals surface area contributed by atoms with Crippen LogP contribution < -0.4 is 4.90 Å². The molecule has 17 aromatic rings. The average molecular weight is 1140 g/mol. The molecule has 0 unspecified atom stereocenters. The number of nitrogens with zero attached hydrogens (tertiary/aromatic N) is 5. The van der Waals surface area contributed by atoms with Crippen molar-refractivity contribution in [3.05, 3.63) is 322 Å². The molecule has 5 nitrogen and oxygen atoms in total. The third-order valence-corrected chi connectivity index (χ3v) is 18.2. The zero-order valence-corrected chi connectivity index (χ0v) is 48.6. The van der Waals surface area contributed by atoms with Gasteiger partial charge < -0.3 is 14.0 Å². The van der Waals surface area contributed by atoms with Crippen molar-refractivity contribution >= 4 is 94.2 Å². The molecule has 0 saturated heterocycles. The van der Waals surface area contributed by atoms with Crippen LogP contribution in [0.5, 0.6) is 0 Å². The minimum atomic E-state index is 0.845. The van der Waals surface area contributed by atoms with Gasteiger partial charge in [0, 0.05) is 49.9 Å². The van der Waals surface area contributed by atoms with Crippen LogP contribution in [0.15, 0.2) is 322 Å². The van der Waals surface area contributed by atoms with Crippen molar-refractivity contribution in [3.8, 4) is 78.1 Å². The van der Waals surface area contributed by atoms with E-state index in [4.69, 9.17) is 8.75 Å². The van der Waals surface area contributed by atoms with Crippen molar-refractivity contribution < 1.29 is 0 Å². The molecule has 0 spiro atoms. The SMILES string of the molecule is c1ccc(-c2ccc(N(c3ccc(-c4ccc5c(c4)c4c6ccccc6ccc4n5-c4ccc(-c5ccccc5)cc4)cc3)c3ccc(-c4ccc(-n5c6ccc(-c7ccccc7)cc6c6cc(-c7ccccc7)ccc65)cc4)c4nsnc34)cc2)cc1. The van der Waals surface area contributed by atoms with Crippen molar-refractivity contribution in [1.29, 1.82) is 0 Å². The van der Waals surface area contributed by atoms with Crippen LogP contribution in [0.25, 0.3) is 144 Å². The molecule has 0 saturated carbocycles. The van der Waals surface area contributed by atoms with E-state index in [0.717, 1.165) is 78.3 Å². The summed E-state index contributed by atoms with van der Waals surface area (Å²) in [5.41, 5.74) is 25.5. The molecule has 0 aliphatic carbocycles. The lowest BCUT2D eigenvalue weighted by Crippen LogP contribution is -2.10. The van der Waals surface area contributed by atoms with Crippen molar-refractivity contribution in [2.45, 2.75) is 0 Å². The molecule has 0 amide bonds. The summed E-state index contributed by atoms with van der Waals surface area (Å²) in [6.45, 7) is 0. The fourth-order valence-electron chi connectivity index (χ4n) is 13.3. The van der Waals surface area contributed by atoms with Gasteiger partial charge in [0.1, 0.15) is 11.0 Å². The Bertz CT molecular complexity index is 5350. The second kappa shape index (κ2) is 21.3. The molecule has 3 heterocycles. The highest BCUT2D eigenvalue weighted by Crippen LogP contribution is 2.45. The van der Waals surface area contributed by atoms with Crippen molar-refractivity contribution in [1.82, 2.24) is 17.9 Å². The number of hydrogen-bond donors (Lipinski definition) is 0. The van der Waals surface area contributed by atoms with Gasteiger partial charge in [-0.15, -0.1) is 0 Å². The third kappa shape index (κ3) is 8.76. The summed E-state index contributed by atoms with van der Waals surface area (Å²) in [5.74, 6) is 0. The Morgan fingerprint density at radius 3 is 1.16 bits per heavy atom. The van der Waals surface area contributed by atoms with Crippen LogP contribution in [0.1, 0.15) is 0 Å². The third-order valence-electron chi connectivity index (χ3n) is 17.6. The molecule has 0 aliphatic heterocycles. The predicted molar refractivity (Wildman–Crippen MR) is 371 cm³/mol. The fraction of sp³-hybridized carbons (Fsp3) is 0. The molecule has 0 aliphatic rings. The Morgan fingerprint density at radius 2 is 0.636 bits per heavy atom. The number of aromatic nitrogens is 4. The van der Waals surface area contributed by atoms with Gasteiger partial charge in [0.15, 0.2) is 0 Å². The van der Waals surface area contributed by atoms with Crippen LogP contribution in [-0.2, 0) is 0 Å². The van der Waals surface area contributed by atoms with E-state index in [9.17, 15) is 0 Å². The van der Waals surface area contributed by atoms with E-state index < -0.39 is 0 Å². The topological polar surface area (TPSA) is 38.9 Å². The Kier molecular flexibility index (Phi) is 12.3. The first-order valence-corrected chi connectivity index (χ1v) is 30.6. The highest BCUT2D eigenvalue weighted by molar-refractivity contribution is 7.00. The molecule has 17 rings (SSSR count). The van der Waals surface area contributed by atoms with Gasteiger partial charge in [0.05, 0.1) is 39.5 Å². The minimum Gasteiger partial charge on any atom is -0.309 e. The summed E-state index contributed by atoms with van der Waals surface area (Å²) in [5, 5.41) is 7.37. The summed E-state index contributed by atoms with van der Waals surface area (Å²) < 4.78 is 15.0. The Labute approximate surface area is 513 Å². The van der Waals surface area contributed by atoms with E-state index in [0.29, 0.717) is 0 Å². The number of benzene rings is 14. The second-order valence-corrected chi connectivity index (χ2v) is 23.2. The smallest absolute Gasteiger partial charge is 0.129 e. The molecule has 412 valence electrons. The van der Waals surface area contributed by atoms with Crippen LogP contribution >= 0.6 is 11.7 Å². The van der Waals surface area contributed by atoms with Gasteiger partial charge in [-0.25, -0.2) is 0 Å². The van der Waals surface area contributed by atoms with E-state index >= 15 is 0 Å². The van der Waals surface area contributed by atoms with Crippen LogP contribution in [0.4, 0.5) is 17.1 Å². The molecule has 3 aromatic heterocycles. The maximum Gasteiger partial charge on any atom is 0.129 e. The predicted octanol–water partition coefficient (Wildman–Crippen LogP) is 22.5. The van der Waals surface area contributed by atoms with Gasteiger partial charge in [0.25, 0.3) is 0 Å². The molecule has 0 radical (unpaired) electrons. The van der Waals surface area contributed by atoms with Crippen LogP contribution in [0.2, 0.25) is 0 Å². The Morgan fingerprint density at radius 1 is 0.261 bits per heavy atom. The summed E-state index contributed by atoms with van der Waals surface area (Å²) >= 11 is 1.26. The summed E-state index contributed by atoms with van der Waals surface area (Å²) in [4.78, 5) is 2.33. The highest BCUT2D eigenvalue weighted by Gasteiger charge is 2.23. The molecular weight excluding hydrogens is 1090 g/mol. The van der Waals surface area contributed by atoms with Gasteiger partial charge in [0.2, 0.25) is 0 Å². The maximum absolute atomic E-state index is 5.09. The zero-order valence-electron chi connectivity index (χ0n) is 47.7. The molecular formula is C82H53N5S. The normalized spacial score (nSPS) is 11.6. The number of anilines is 3. The maximum atomic E-state index is 5.09. The lowest BCUT2D eigenvalue weighted by Gasteiger charge is -2.26. The van der Waals surface area contributed by atoms with Crippen LogP contribution in [0, 0.1) is 0 Å². The second-order valence-electron chi connectivity index (χ2n) is 22.6. The number of rotatable bonds is 11. The molecule has 0 atom stereocenters.